The van der Waals surface area contributed by atoms with E-state index in [0.29, 0.717) is 18.2 Å². The molecule has 0 amide bonds. The summed E-state index contributed by atoms with van der Waals surface area (Å²) in [5.41, 5.74) is 4.65. The van der Waals surface area contributed by atoms with Gasteiger partial charge in [0, 0.05) is 41.9 Å². The van der Waals surface area contributed by atoms with Crippen LogP contribution in [0, 0.1) is 17.0 Å². The number of aromatic nitrogens is 4. The van der Waals surface area contributed by atoms with Crippen LogP contribution in [0.4, 0.5) is 11.5 Å². The van der Waals surface area contributed by atoms with Crippen molar-refractivity contribution in [3.63, 3.8) is 0 Å². The van der Waals surface area contributed by atoms with Gasteiger partial charge in [0.15, 0.2) is 5.82 Å². The number of non-ortho nitro benzene ring substituents is 1. The van der Waals surface area contributed by atoms with Gasteiger partial charge in [-0.05, 0) is 43.2 Å². The van der Waals surface area contributed by atoms with Gasteiger partial charge in [0.05, 0.1) is 17.2 Å². The van der Waals surface area contributed by atoms with E-state index >= 15 is 0 Å². The van der Waals surface area contributed by atoms with Crippen molar-refractivity contribution in [3.8, 4) is 11.4 Å². The average Bonchev–Trinajstić information content (AvgIpc) is 3.14. The van der Waals surface area contributed by atoms with Crippen molar-refractivity contribution in [1.82, 2.24) is 19.4 Å². The predicted octanol–water partition coefficient (Wildman–Crippen LogP) is 4.18. The summed E-state index contributed by atoms with van der Waals surface area (Å²) in [6.45, 7) is 4.59. The Labute approximate surface area is 167 Å². The first-order valence-electron chi connectivity index (χ1n) is 9.32. The number of nitro benzene ring substituents is 1. The average molecular weight is 388 g/mol. The summed E-state index contributed by atoms with van der Waals surface area (Å²) in [5.74, 6) is 1.23. The number of benzene rings is 1. The van der Waals surface area contributed by atoms with Gasteiger partial charge in [-0.25, -0.2) is 15.0 Å². The Balaban J connectivity index is 1.58. The SMILES string of the molecule is CCc1cc(NCc2cn3ccc(C)cc3n2)nc(-c2ccc([N+](=O)[O-])cc2)n1. The Morgan fingerprint density at radius 3 is 2.59 bits per heavy atom. The molecule has 3 heterocycles. The monoisotopic (exact) mass is 388 g/mol. The fraction of sp³-hybridized carbons (Fsp3) is 0.190. The molecule has 0 bridgehead atoms. The van der Waals surface area contributed by atoms with E-state index in [4.69, 9.17) is 0 Å². The third-order valence-electron chi connectivity index (χ3n) is 4.59. The molecule has 0 saturated heterocycles. The molecule has 0 aliphatic carbocycles. The van der Waals surface area contributed by atoms with Crippen LogP contribution in [0.25, 0.3) is 17.0 Å². The molecule has 0 saturated carbocycles. The van der Waals surface area contributed by atoms with Gasteiger partial charge in [-0.3, -0.25) is 10.1 Å². The van der Waals surface area contributed by atoms with E-state index < -0.39 is 4.92 Å². The highest BCUT2D eigenvalue weighted by Gasteiger charge is 2.10. The Kier molecular flexibility index (Phi) is 4.90. The number of hydrogen-bond acceptors (Lipinski definition) is 6. The lowest BCUT2D eigenvalue weighted by Gasteiger charge is -2.09. The van der Waals surface area contributed by atoms with Crippen molar-refractivity contribution < 1.29 is 4.92 Å². The largest absolute Gasteiger partial charge is 0.364 e. The second-order valence-electron chi connectivity index (χ2n) is 6.78. The molecule has 0 aliphatic rings. The van der Waals surface area contributed by atoms with Crippen molar-refractivity contribution in [2.75, 3.05) is 5.32 Å². The summed E-state index contributed by atoms with van der Waals surface area (Å²) in [5, 5.41) is 14.2. The third-order valence-corrected chi connectivity index (χ3v) is 4.59. The lowest BCUT2D eigenvalue weighted by atomic mass is 10.2. The van der Waals surface area contributed by atoms with Crippen molar-refractivity contribution in [3.05, 3.63) is 81.9 Å². The maximum absolute atomic E-state index is 10.9. The fourth-order valence-electron chi connectivity index (χ4n) is 3.03. The van der Waals surface area contributed by atoms with Crippen LogP contribution in [0.5, 0.6) is 0 Å². The number of nitro groups is 1. The first kappa shape index (κ1) is 18.5. The van der Waals surface area contributed by atoms with Gasteiger partial charge >= 0.3 is 0 Å². The lowest BCUT2D eigenvalue weighted by molar-refractivity contribution is -0.384. The van der Waals surface area contributed by atoms with Crippen LogP contribution >= 0.6 is 0 Å². The minimum absolute atomic E-state index is 0.0424. The topological polar surface area (TPSA) is 98.2 Å². The Morgan fingerprint density at radius 1 is 1.07 bits per heavy atom. The molecule has 8 nitrogen and oxygen atoms in total. The van der Waals surface area contributed by atoms with Crippen LogP contribution in [0.1, 0.15) is 23.9 Å². The van der Waals surface area contributed by atoms with Gasteiger partial charge in [-0.1, -0.05) is 6.92 Å². The summed E-state index contributed by atoms with van der Waals surface area (Å²) in [4.78, 5) is 24.2. The van der Waals surface area contributed by atoms with Crippen molar-refractivity contribution in [2.45, 2.75) is 26.8 Å². The minimum Gasteiger partial charge on any atom is -0.364 e. The summed E-state index contributed by atoms with van der Waals surface area (Å²) >= 11 is 0. The molecule has 8 heteroatoms. The van der Waals surface area contributed by atoms with Crippen LogP contribution < -0.4 is 5.32 Å². The number of anilines is 1. The first-order chi connectivity index (χ1) is 14.0. The van der Waals surface area contributed by atoms with E-state index in [-0.39, 0.29) is 5.69 Å². The van der Waals surface area contributed by atoms with Crippen molar-refractivity contribution in [2.24, 2.45) is 0 Å². The maximum atomic E-state index is 10.9. The molecule has 0 unspecified atom stereocenters. The molecule has 1 N–H and O–H groups in total. The van der Waals surface area contributed by atoms with Crippen LogP contribution in [0.15, 0.2) is 54.9 Å². The molecule has 146 valence electrons. The highest BCUT2D eigenvalue weighted by Crippen LogP contribution is 2.22. The second kappa shape index (κ2) is 7.67. The number of nitrogens with zero attached hydrogens (tertiary/aromatic N) is 5. The summed E-state index contributed by atoms with van der Waals surface area (Å²) in [7, 11) is 0. The number of imidazole rings is 1. The van der Waals surface area contributed by atoms with Gasteiger partial charge in [-0.15, -0.1) is 0 Å². The van der Waals surface area contributed by atoms with Gasteiger partial charge in [0.1, 0.15) is 11.5 Å². The normalized spacial score (nSPS) is 11.0. The molecule has 3 aromatic heterocycles. The zero-order valence-corrected chi connectivity index (χ0v) is 16.2. The number of hydrogen-bond donors (Lipinski definition) is 1. The number of aryl methyl sites for hydroxylation is 2. The molecule has 4 rings (SSSR count). The predicted molar refractivity (Wildman–Crippen MR) is 111 cm³/mol. The molecule has 0 fully saturated rings. The lowest BCUT2D eigenvalue weighted by Crippen LogP contribution is -2.05. The molecule has 4 aromatic rings. The van der Waals surface area contributed by atoms with E-state index in [9.17, 15) is 10.1 Å². The zero-order valence-electron chi connectivity index (χ0n) is 16.2. The van der Waals surface area contributed by atoms with Crippen molar-refractivity contribution in [1.29, 1.82) is 0 Å². The van der Waals surface area contributed by atoms with Crippen molar-refractivity contribution >= 4 is 17.2 Å². The quantitative estimate of drug-likeness (QED) is 0.393. The molecule has 1 aromatic carbocycles. The van der Waals surface area contributed by atoms with Gasteiger partial charge in [-0.2, -0.15) is 0 Å². The van der Waals surface area contributed by atoms with Crippen LogP contribution in [0.2, 0.25) is 0 Å². The Hall–Kier alpha value is -3.81. The van der Waals surface area contributed by atoms with E-state index in [2.05, 4.69) is 20.3 Å². The highest BCUT2D eigenvalue weighted by molar-refractivity contribution is 5.59. The standard InChI is InChI=1S/C21H20N6O2/c1-3-16-11-19(22-12-17-13-26-9-8-14(2)10-20(26)23-17)25-21(24-16)15-4-6-18(7-5-15)27(28)29/h4-11,13H,3,12H2,1-2H3,(H,22,24,25). The molecule has 0 radical (unpaired) electrons. The molecular weight excluding hydrogens is 368 g/mol. The third kappa shape index (κ3) is 4.06. The van der Waals surface area contributed by atoms with E-state index in [1.165, 1.54) is 17.7 Å². The molecule has 0 aliphatic heterocycles. The van der Waals surface area contributed by atoms with Crippen LogP contribution in [-0.2, 0) is 13.0 Å². The maximum Gasteiger partial charge on any atom is 0.269 e. The van der Waals surface area contributed by atoms with Crippen LogP contribution in [0.3, 0.4) is 0 Å². The van der Waals surface area contributed by atoms with E-state index in [1.807, 2.05) is 48.8 Å². The second-order valence-corrected chi connectivity index (χ2v) is 6.78. The molecule has 0 spiro atoms. The van der Waals surface area contributed by atoms with Gasteiger partial charge in [0.25, 0.3) is 5.69 Å². The number of rotatable bonds is 6. The number of pyridine rings is 1. The summed E-state index contributed by atoms with van der Waals surface area (Å²) in [6, 6.07) is 12.2. The van der Waals surface area contributed by atoms with Crippen LogP contribution in [-0.4, -0.2) is 24.3 Å². The smallest absolute Gasteiger partial charge is 0.269 e. The molecule has 29 heavy (non-hydrogen) atoms. The molecule has 0 atom stereocenters. The Bertz CT molecular complexity index is 1180. The number of nitrogens with one attached hydrogen (secondary N) is 1. The molecular formula is C21H20N6O2. The van der Waals surface area contributed by atoms with Gasteiger partial charge < -0.3 is 9.72 Å². The Morgan fingerprint density at radius 2 is 1.86 bits per heavy atom. The van der Waals surface area contributed by atoms with E-state index in [0.717, 1.165) is 29.0 Å². The minimum atomic E-state index is -0.420. The summed E-state index contributed by atoms with van der Waals surface area (Å²) < 4.78 is 1.99. The van der Waals surface area contributed by atoms with E-state index in [1.54, 1.807) is 12.1 Å². The number of fused-ring (bicyclic) bond motifs is 1. The first-order valence-corrected chi connectivity index (χ1v) is 9.32. The zero-order chi connectivity index (χ0) is 20.4. The highest BCUT2D eigenvalue weighted by atomic mass is 16.6. The van der Waals surface area contributed by atoms with Gasteiger partial charge in [0.2, 0.25) is 0 Å². The fourth-order valence-corrected chi connectivity index (χ4v) is 3.03. The summed E-state index contributed by atoms with van der Waals surface area (Å²) in [6.07, 6.45) is 4.74.